The molecule has 0 radical (unpaired) electrons. The number of amides is 1. The molecular formula is C12H11N3O4. The van der Waals surface area contributed by atoms with Crippen molar-refractivity contribution in [3.63, 3.8) is 0 Å². The minimum atomic E-state index is -0.404. The summed E-state index contributed by atoms with van der Waals surface area (Å²) >= 11 is 0. The second-order valence-electron chi connectivity index (χ2n) is 4.00. The first kappa shape index (κ1) is 11.5. The maximum Gasteiger partial charge on any atom is 0.309 e. The number of hydrogen-bond acceptors (Lipinski definition) is 6. The highest BCUT2D eigenvalue weighted by Crippen LogP contribution is 2.32. The fraction of sp³-hybridized carbons (Fsp3) is 0.250. The van der Waals surface area contributed by atoms with Crippen molar-refractivity contribution in [2.24, 2.45) is 0 Å². The molecule has 1 aromatic carbocycles. The fourth-order valence-electron chi connectivity index (χ4n) is 1.70. The zero-order chi connectivity index (χ0) is 13.2. The first-order chi connectivity index (χ1) is 9.22. The summed E-state index contributed by atoms with van der Waals surface area (Å²) in [6.45, 7) is 2.20. The zero-order valence-corrected chi connectivity index (χ0v) is 10.2. The first-order valence-electron chi connectivity index (χ1n) is 5.69. The minimum absolute atomic E-state index is 0.0433. The Labute approximate surface area is 108 Å². The number of hydrogen-bond donors (Lipinski definition) is 1. The monoisotopic (exact) mass is 261 g/mol. The number of ether oxygens (including phenoxy) is 2. The SMILES string of the molecule is Cc1nnc(C(=O)NCc2ccc3c(c2)OCO3)o1. The molecule has 1 aromatic heterocycles. The molecule has 1 aliphatic heterocycles. The number of nitrogens with one attached hydrogen (secondary N) is 1. The highest BCUT2D eigenvalue weighted by Gasteiger charge is 2.15. The molecule has 0 spiro atoms. The van der Waals surface area contributed by atoms with Gasteiger partial charge in [0, 0.05) is 13.5 Å². The summed E-state index contributed by atoms with van der Waals surface area (Å²) in [6.07, 6.45) is 0. The summed E-state index contributed by atoms with van der Waals surface area (Å²) in [7, 11) is 0. The Balaban J connectivity index is 1.64. The van der Waals surface area contributed by atoms with E-state index in [1.165, 1.54) is 0 Å². The van der Waals surface area contributed by atoms with Crippen LogP contribution < -0.4 is 14.8 Å². The van der Waals surface area contributed by atoms with Gasteiger partial charge in [0.2, 0.25) is 12.7 Å². The van der Waals surface area contributed by atoms with E-state index in [1.807, 2.05) is 12.1 Å². The van der Waals surface area contributed by atoms with E-state index >= 15 is 0 Å². The van der Waals surface area contributed by atoms with Crippen LogP contribution in [0.25, 0.3) is 0 Å². The molecule has 7 nitrogen and oxygen atoms in total. The normalized spacial score (nSPS) is 12.5. The maximum absolute atomic E-state index is 11.7. The Bertz CT molecular complexity index is 623. The van der Waals surface area contributed by atoms with Crippen LogP contribution in [-0.2, 0) is 6.54 Å². The van der Waals surface area contributed by atoms with Gasteiger partial charge in [-0.3, -0.25) is 4.79 Å². The van der Waals surface area contributed by atoms with E-state index in [2.05, 4.69) is 15.5 Å². The van der Waals surface area contributed by atoms with Gasteiger partial charge >= 0.3 is 11.8 Å². The van der Waals surface area contributed by atoms with E-state index in [4.69, 9.17) is 13.9 Å². The molecule has 2 heterocycles. The maximum atomic E-state index is 11.7. The van der Waals surface area contributed by atoms with Gasteiger partial charge in [-0.25, -0.2) is 0 Å². The van der Waals surface area contributed by atoms with Gasteiger partial charge in [0.05, 0.1) is 0 Å². The molecule has 0 saturated carbocycles. The van der Waals surface area contributed by atoms with E-state index in [0.29, 0.717) is 23.9 Å². The molecule has 3 rings (SSSR count). The van der Waals surface area contributed by atoms with Crippen LogP contribution in [0.15, 0.2) is 22.6 Å². The Kier molecular flexibility index (Phi) is 2.79. The van der Waals surface area contributed by atoms with Crippen molar-refractivity contribution in [2.45, 2.75) is 13.5 Å². The lowest BCUT2D eigenvalue weighted by atomic mass is 10.2. The van der Waals surface area contributed by atoms with Gasteiger partial charge in [-0.15, -0.1) is 10.2 Å². The highest BCUT2D eigenvalue weighted by atomic mass is 16.7. The molecule has 0 atom stereocenters. The van der Waals surface area contributed by atoms with Crippen molar-refractivity contribution in [1.29, 1.82) is 0 Å². The van der Waals surface area contributed by atoms with Crippen LogP contribution in [0.5, 0.6) is 11.5 Å². The molecule has 0 fully saturated rings. The van der Waals surface area contributed by atoms with E-state index in [1.54, 1.807) is 13.0 Å². The smallest absolute Gasteiger partial charge is 0.309 e. The van der Waals surface area contributed by atoms with Gasteiger partial charge in [0.15, 0.2) is 11.5 Å². The summed E-state index contributed by atoms with van der Waals surface area (Å²) in [5.41, 5.74) is 0.897. The molecule has 19 heavy (non-hydrogen) atoms. The number of rotatable bonds is 3. The van der Waals surface area contributed by atoms with E-state index in [9.17, 15) is 4.79 Å². The Hall–Kier alpha value is -2.57. The van der Waals surface area contributed by atoms with Crippen LogP contribution in [0.4, 0.5) is 0 Å². The molecule has 98 valence electrons. The number of benzene rings is 1. The Morgan fingerprint density at radius 1 is 1.32 bits per heavy atom. The predicted molar refractivity (Wildman–Crippen MR) is 62.8 cm³/mol. The largest absolute Gasteiger partial charge is 0.454 e. The molecule has 0 saturated heterocycles. The van der Waals surface area contributed by atoms with Gasteiger partial charge in [-0.1, -0.05) is 6.07 Å². The topological polar surface area (TPSA) is 86.5 Å². The molecule has 0 unspecified atom stereocenters. The summed E-state index contributed by atoms with van der Waals surface area (Å²) in [5.74, 6) is 1.30. The van der Waals surface area contributed by atoms with Crippen molar-refractivity contribution in [1.82, 2.24) is 15.5 Å². The number of nitrogens with zero attached hydrogens (tertiary/aromatic N) is 2. The molecule has 0 aliphatic carbocycles. The van der Waals surface area contributed by atoms with Crippen molar-refractivity contribution >= 4 is 5.91 Å². The van der Waals surface area contributed by atoms with Crippen LogP contribution in [-0.4, -0.2) is 22.9 Å². The summed E-state index contributed by atoms with van der Waals surface area (Å²) in [4.78, 5) is 11.7. The molecular weight excluding hydrogens is 250 g/mol. The minimum Gasteiger partial charge on any atom is -0.454 e. The number of aromatic nitrogens is 2. The van der Waals surface area contributed by atoms with Gasteiger partial charge in [0.25, 0.3) is 0 Å². The van der Waals surface area contributed by atoms with Crippen LogP contribution in [0.2, 0.25) is 0 Å². The molecule has 1 aliphatic rings. The van der Waals surface area contributed by atoms with Gasteiger partial charge in [-0.2, -0.15) is 0 Å². The lowest BCUT2D eigenvalue weighted by Gasteiger charge is -2.03. The predicted octanol–water partition coefficient (Wildman–Crippen LogP) is 1.04. The standard InChI is InChI=1S/C12H11N3O4/c1-7-14-15-12(19-7)11(16)13-5-8-2-3-9-10(4-8)18-6-17-9/h2-4H,5-6H2,1H3,(H,13,16). The number of aryl methyl sites for hydroxylation is 1. The van der Waals surface area contributed by atoms with E-state index < -0.39 is 5.91 Å². The lowest BCUT2D eigenvalue weighted by Crippen LogP contribution is -2.23. The molecule has 0 bridgehead atoms. The lowest BCUT2D eigenvalue weighted by molar-refractivity contribution is 0.0914. The van der Waals surface area contributed by atoms with Crippen molar-refractivity contribution in [3.8, 4) is 11.5 Å². The van der Waals surface area contributed by atoms with E-state index in [0.717, 1.165) is 5.56 Å². The zero-order valence-electron chi connectivity index (χ0n) is 10.2. The third-order valence-corrected chi connectivity index (χ3v) is 2.61. The van der Waals surface area contributed by atoms with Crippen LogP contribution in [0, 0.1) is 6.92 Å². The van der Waals surface area contributed by atoms with Gasteiger partial charge in [0.1, 0.15) is 0 Å². The van der Waals surface area contributed by atoms with Gasteiger partial charge in [-0.05, 0) is 17.7 Å². The van der Waals surface area contributed by atoms with Crippen LogP contribution >= 0.6 is 0 Å². The molecule has 1 N–H and O–H groups in total. The molecule has 7 heteroatoms. The van der Waals surface area contributed by atoms with Gasteiger partial charge < -0.3 is 19.2 Å². The number of carbonyl (C=O) groups excluding carboxylic acids is 1. The highest BCUT2D eigenvalue weighted by molar-refractivity contribution is 5.89. The quantitative estimate of drug-likeness (QED) is 0.888. The van der Waals surface area contributed by atoms with Crippen molar-refractivity contribution in [2.75, 3.05) is 6.79 Å². The third kappa shape index (κ3) is 2.35. The van der Waals surface area contributed by atoms with Crippen LogP contribution in [0.3, 0.4) is 0 Å². The fourth-order valence-corrected chi connectivity index (χ4v) is 1.70. The average Bonchev–Trinajstić information content (AvgIpc) is 3.03. The second-order valence-corrected chi connectivity index (χ2v) is 4.00. The van der Waals surface area contributed by atoms with Crippen LogP contribution in [0.1, 0.15) is 22.1 Å². The third-order valence-electron chi connectivity index (χ3n) is 2.61. The molecule has 1 amide bonds. The average molecular weight is 261 g/mol. The number of carbonyl (C=O) groups is 1. The summed E-state index contributed by atoms with van der Waals surface area (Å²) in [5, 5.41) is 9.93. The van der Waals surface area contributed by atoms with Crippen molar-refractivity contribution < 1.29 is 18.7 Å². The Morgan fingerprint density at radius 3 is 2.95 bits per heavy atom. The van der Waals surface area contributed by atoms with Crippen molar-refractivity contribution in [3.05, 3.63) is 35.5 Å². The summed E-state index contributed by atoms with van der Waals surface area (Å²) < 4.78 is 15.5. The number of fused-ring (bicyclic) bond motifs is 1. The van der Waals surface area contributed by atoms with E-state index in [-0.39, 0.29) is 12.7 Å². The Morgan fingerprint density at radius 2 is 2.16 bits per heavy atom. The molecule has 2 aromatic rings. The second kappa shape index (κ2) is 4.60. The first-order valence-corrected chi connectivity index (χ1v) is 5.69. The summed E-state index contributed by atoms with van der Waals surface area (Å²) in [6, 6.07) is 5.48.